The third kappa shape index (κ3) is 3.57. The summed E-state index contributed by atoms with van der Waals surface area (Å²) in [7, 11) is 3.08. The maximum atomic E-state index is 13.0. The van der Waals surface area contributed by atoms with Crippen molar-refractivity contribution in [3.63, 3.8) is 0 Å². The number of allylic oxidation sites excluding steroid dienone is 1. The van der Waals surface area contributed by atoms with Crippen LogP contribution in [-0.2, 0) is 0 Å². The Bertz CT molecular complexity index is 985. The highest BCUT2D eigenvalue weighted by Crippen LogP contribution is 2.31. The molecule has 0 unspecified atom stereocenters. The van der Waals surface area contributed by atoms with E-state index in [1.54, 1.807) is 49.6 Å². The van der Waals surface area contributed by atoms with Gasteiger partial charge in [-0.3, -0.25) is 0 Å². The molecule has 0 N–H and O–H groups in total. The van der Waals surface area contributed by atoms with Gasteiger partial charge in [0, 0.05) is 11.6 Å². The highest BCUT2D eigenvalue weighted by Gasteiger charge is 2.10. The summed E-state index contributed by atoms with van der Waals surface area (Å²) in [5, 5.41) is 13.4. The van der Waals surface area contributed by atoms with Gasteiger partial charge in [0.15, 0.2) is 17.3 Å². The van der Waals surface area contributed by atoms with Gasteiger partial charge in [0.1, 0.15) is 11.5 Å². The fourth-order valence-corrected chi connectivity index (χ4v) is 2.44. The molecule has 3 aromatic rings. The van der Waals surface area contributed by atoms with Crippen LogP contribution in [0.1, 0.15) is 11.3 Å². The fraction of sp³-hybridized carbons (Fsp3) is 0.100. The summed E-state index contributed by atoms with van der Waals surface area (Å²) in [5.41, 5.74) is 2.24. The monoisotopic (exact) mass is 350 g/mol. The van der Waals surface area contributed by atoms with Crippen LogP contribution in [0.3, 0.4) is 0 Å². The smallest absolute Gasteiger partial charge is 0.167 e. The maximum absolute atomic E-state index is 13.0. The van der Waals surface area contributed by atoms with Crippen LogP contribution >= 0.6 is 0 Å². The molecule has 3 rings (SSSR count). The van der Waals surface area contributed by atoms with E-state index in [9.17, 15) is 9.65 Å². The van der Waals surface area contributed by atoms with Crippen LogP contribution < -0.4 is 9.47 Å². The van der Waals surface area contributed by atoms with Crippen molar-refractivity contribution < 1.29 is 18.4 Å². The first kappa shape index (κ1) is 17.2. The van der Waals surface area contributed by atoms with Gasteiger partial charge in [-0.05, 0) is 54.1 Å². The Labute approximate surface area is 149 Å². The second kappa shape index (κ2) is 7.53. The van der Waals surface area contributed by atoms with E-state index in [2.05, 4.69) is 11.2 Å². The van der Waals surface area contributed by atoms with Crippen LogP contribution in [0.25, 0.3) is 23.0 Å². The Morgan fingerprint density at radius 3 is 2.46 bits per heavy atom. The SMILES string of the molecule is COc1ccc(C(C#N)=Cc2cc(-c3ccc(F)cc3)on2)cc1OC. The molecule has 0 bridgehead atoms. The quantitative estimate of drug-likeness (QED) is 0.631. The van der Waals surface area contributed by atoms with Crippen molar-refractivity contribution in [1.82, 2.24) is 5.16 Å². The molecule has 0 fully saturated rings. The van der Waals surface area contributed by atoms with Gasteiger partial charge in [0.25, 0.3) is 0 Å². The molecule has 0 atom stereocenters. The van der Waals surface area contributed by atoms with Crippen molar-refractivity contribution in [1.29, 1.82) is 5.26 Å². The number of halogens is 1. The number of methoxy groups -OCH3 is 2. The zero-order valence-electron chi connectivity index (χ0n) is 14.2. The molecule has 5 nitrogen and oxygen atoms in total. The number of nitriles is 1. The second-order valence-corrected chi connectivity index (χ2v) is 5.36. The van der Waals surface area contributed by atoms with Crippen molar-refractivity contribution in [3.8, 4) is 28.9 Å². The van der Waals surface area contributed by atoms with Crippen LogP contribution in [-0.4, -0.2) is 19.4 Å². The molecule has 0 spiro atoms. The molecule has 0 aliphatic heterocycles. The Balaban J connectivity index is 1.93. The van der Waals surface area contributed by atoms with Crippen LogP contribution in [0, 0.1) is 17.1 Å². The maximum Gasteiger partial charge on any atom is 0.167 e. The van der Waals surface area contributed by atoms with E-state index in [1.165, 1.54) is 19.2 Å². The molecule has 0 radical (unpaired) electrons. The average molecular weight is 350 g/mol. The Hall–Kier alpha value is -3.59. The Morgan fingerprint density at radius 1 is 1.08 bits per heavy atom. The average Bonchev–Trinajstić information content (AvgIpc) is 3.14. The molecule has 1 heterocycles. The van der Waals surface area contributed by atoms with E-state index in [0.717, 1.165) is 0 Å². The largest absolute Gasteiger partial charge is 0.493 e. The van der Waals surface area contributed by atoms with Gasteiger partial charge in [-0.15, -0.1) is 0 Å². The second-order valence-electron chi connectivity index (χ2n) is 5.36. The lowest BCUT2D eigenvalue weighted by atomic mass is 10.0. The van der Waals surface area contributed by atoms with Gasteiger partial charge in [-0.2, -0.15) is 5.26 Å². The van der Waals surface area contributed by atoms with Gasteiger partial charge in [-0.25, -0.2) is 4.39 Å². The Kier molecular flexibility index (Phi) is 4.99. The van der Waals surface area contributed by atoms with Gasteiger partial charge >= 0.3 is 0 Å². The van der Waals surface area contributed by atoms with Crippen molar-refractivity contribution in [2.75, 3.05) is 14.2 Å². The predicted molar refractivity (Wildman–Crippen MR) is 94.9 cm³/mol. The minimum Gasteiger partial charge on any atom is -0.493 e. The molecule has 0 aliphatic rings. The minimum absolute atomic E-state index is 0.325. The topological polar surface area (TPSA) is 68.3 Å². The molecule has 0 saturated carbocycles. The van der Waals surface area contributed by atoms with Crippen LogP contribution in [0.2, 0.25) is 0 Å². The van der Waals surface area contributed by atoms with Gasteiger partial charge in [0.2, 0.25) is 0 Å². The van der Waals surface area contributed by atoms with Crippen LogP contribution in [0.4, 0.5) is 4.39 Å². The van der Waals surface area contributed by atoms with Gasteiger partial charge in [0.05, 0.1) is 25.9 Å². The third-order valence-corrected chi connectivity index (χ3v) is 3.76. The number of nitrogens with zero attached hydrogens (tertiary/aromatic N) is 2. The normalized spacial score (nSPS) is 11.1. The van der Waals surface area contributed by atoms with Crippen molar-refractivity contribution in [2.24, 2.45) is 0 Å². The Morgan fingerprint density at radius 2 is 1.81 bits per heavy atom. The molecule has 0 amide bonds. The molecular formula is C20H15FN2O3. The summed E-state index contributed by atoms with van der Waals surface area (Å²) in [4.78, 5) is 0. The first-order chi connectivity index (χ1) is 12.6. The molecular weight excluding hydrogens is 335 g/mol. The zero-order valence-corrected chi connectivity index (χ0v) is 14.2. The summed E-state index contributed by atoms with van der Waals surface area (Å²) < 4.78 is 28.8. The van der Waals surface area contributed by atoms with E-state index < -0.39 is 0 Å². The molecule has 6 heteroatoms. The number of aromatic nitrogens is 1. The first-order valence-electron chi connectivity index (χ1n) is 7.71. The van der Waals surface area contributed by atoms with Crippen LogP contribution in [0.15, 0.2) is 53.1 Å². The summed E-state index contributed by atoms with van der Waals surface area (Å²) >= 11 is 0. The molecule has 2 aromatic carbocycles. The summed E-state index contributed by atoms with van der Waals surface area (Å²) in [6, 6.07) is 14.9. The summed E-state index contributed by atoms with van der Waals surface area (Å²) in [5.74, 6) is 1.27. The van der Waals surface area contributed by atoms with E-state index >= 15 is 0 Å². The molecule has 0 aliphatic carbocycles. The van der Waals surface area contributed by atoms with E-state index in [0.29, 0.717) is 39.7 Å². The molecule has 1 aromatic heterocycles. The lowest BCUT2D eigenvalue weighted by molar-refractivity contribution is 0.355. The summed E-state index contributed by atoms with van der Waals surface area (Å²) in [6.07, 6.45) is 1.61. The van der Waals surface area contributed by atoms with Crippen LogP contribution in [0.5, 0.6) is 11.5 Å². The lowest BCUT2D eigenvalue weighted by Crippen LogP contribution is -1.92. The van der Waals surface area contributed by atoms with Crippen molar-refractivity contribution in [3.05, 3.63) is 65.6 Å². The third-order valence-electron chi connectivity index (χ3n) is 3.76. The highest BCUT2D eigenvalue weighted by atomic mass is 19.1. The molecule has 0 saturated heterocycles. The molecule has 130 valence electrons. The standard InChI is InChI=1S/C20H15FN2O3/c1-24-18-8-5-14(10-20(18)25-2)15(12-22)9-17-11-19(26-23-17)13-3-6-16(21)7-4-13/h3-11H,1-2H3. The fourth-order valence-electron chi connectivity index (χ4n) is 2.44. The van der Waals surface area contributed by atoms with Gasteiger partial charge < -0.3 is 14.0 Å². The van der Waals surface area contributed by atoms with E-state index in [4.69, 9.17) is 14.0 Å². The number of benzene rings is 2. The highest BCUT2D eigenvalue weighted by molar-refractivity contribution is 5.89. The summed E-state index contributed by atoms with van der Waals surface area (Å²) in [6.45, 7) is 0. The van der Waals surface area contributed by atoms with E-state index in [1.807, 2.05) is 0 Å². The number of hydrogen-bond donors (Lipinski definition) is 0. The number of hydrogen-bond acceptors (Lipinski definition) is 5. The van der Waals surface area contributed by atoms with Crippen molar-refractivity contribution in [2.45, 2.75) is 0 Å². The zero-order chi connectivity index (χ0) is 18.5. The van der Waals surface area contributed by atoms with E-state index in [-0.39, 0.29) is 5.82 Å². The van der Waals surface area contributed by atoms with Gasteiger partial charge in [-0.1, -0.05) is 5.16 Å². The lowest BCUT2D eigenvalue weighted by Gasteiger charge is -2.08. The number of rotatable bonds is 5. The minimum atomic E-state index is -0.325. The number of ether oxygens (including phenoxy) is 2. The molecule has 26 heavy (non-hydrogen) atoms. The first-order valence-corrected chi connectivity index (χ1v) is 7.71. The predicted octanol–water partition coefficient (Wildman–Crippen LogP) is 4.56. The van der Waals surface area contributed by atoms with Crippen molar-refractivity contribution >= 4 is 11.6 Å².